The van der Waals surface area contributed by atoms with Crippen LogP contribution in [0.5, 0.6) is 0 Å². The molecule has 0 fully saturated rings. The molecule has 94 valence electrons. The van der Waals surface area contributed by atoms with Crippen molar-refractivity contribution in [3.05, 3.63) is 29.8 Å². The third-order valence-corrected chi connectivity index (χ3v) is 2.54. The summed E-state index contributed by atoms with van der Waals surface area (Å²) >= 11 is 0. The minimum atomic E-state index is -0.0652. The highest BCUT2D eigenvalue weighted by molar-refractivity contribution is 5.89. The summed E-state index contributed by atoms with van der Waals surface area (Å²) in [6, 6.07) is 7.61. The summed E-state index contributed by atoms with van der Waals surface area (Å²) in [5.41, 5.74) is 1.85. The van der Waals surface area contributed by atoms with Gasteiger partial charge in [0, 0.05) is 25.9 Å². The standard InChI is InChI=1S/C13H20N2O2/c1-4-15(5-2)13(16)14-12-8-6-7-11(9-12)10-17-3/h6-9H,4-5,10H2,1-3H3,(H,14,16). The minimum absolute atomic E-state index is 0.0652. The molecule has 0 aliphatic heterocycles. The van der Waals surface area contributed by atoms with Crippen LogP contribution in [0, 0.1) is 0 Å². The molecular formula is C13H20N2O2. The van der Waals surface area contributed by atoms with Crippen molar-refractivity contribution in [3.8, 4) is 0 Å². The van der Waals surface area contributed by atoms with Crippen LogP contribution in [-0.4, -0.2) is 31.1 Å². The highest BCUT2D eigenvalue weighted by Gasteiger charge is 2.09. The van der Waals surface area contributed by atoms with Gasteiger partial charge < -0.3 is 15.0 Å². The van der Waals surface area contributed by atoms with Crippen molar-refractivity contribution in [1.82, 2.24) is 4.90 Å². The quantitative estimate of drug-likeness (QED) is 0.854. The van der Waals surface area contributed by atoms with Crippen LogP contribution < -0.4 is 5.32 Å². The van der Waals surface area contributed by atoms with E-state index in [1.54, 1.807) is 12.0 Å². The molecule has 2 amide bonds. The third-order valence-electron chi connectivity index (χ3n) is 2.54. The van der Waals surface area contributed by atoms with Gasteiger partial charge in [-0.15, -0.1) is 0 Å². The van der Waals surface area contributed by atoms with Crippen LogP contribution in [0.25, 0.3) is 0 Å². The second kappa shape index (κ2) is 6.91. The Hall–Kier alpha value is -1.55. The van der Waals surface area contributed by atoms with Gasteiger partial charge >= 0.3 is 6.03 Å². The number of hydrogen-bond donors (Lipinski definition) is 1. The molecule has 1 rings (SSSR count). The van der Waals surface area contributed by atoms with Crippen LogP contribution in [0.4, 0.5) is 10.5 Å². The maximum Gasteiger partial charge on any atom is 0.321 e. The number of carbonyl (C=O) groups is 1. The van der Waals surface area contributed by atoms with Gasteiger partial charge in [0.1, 0.15) is 0 Å². The van der Waals surface area contributed by atoms with E-state index in [1.165, 1.54) is 0 Å². The molecule has 17 heavy (non-hydrogen) atoms. The van der Waals surface area contributed by atoms with E-state index >= 15 is 0 Å². The van der Waals surface area contributed by atoms with Gasteiger partial charge in [-0.3, -0.25) is 0 Å². The van der Waals surface area contributed by atoms with Gasteiger partial charge in [0.05, 0.1) is 6.61 Å². The number of ether oxygens (including phenoxy) is 1. The molecule has 0 saturated carbocycles. The zero-order valence-corrected chi connectivity index (χ0v) is 10.7. The van der Waals surface area contributed by atoms with Crippen LogP contribution >= 0.6 is 0 Å². The van der Waals surface area contributed by atoms with Crippen molar-refractivity contribution in [3.63, 3.8) is 0 Å². The molecule has 0 aliphatic carbocycles. The first kappa shape index (κ1) is 13.5. The fourth-order valence-corrected chi connectivity index (χ4v) is 1.62. The summed E-state index contributed by atoms with van der Waals surface area (Å²) in [6.45, 7) is 5.89. The molecule has 1 aromatic carbocycles. The van der Waals surface area contributed by atoms with E-state index in [0.29, 0.717) is 19.7 Å². The Bertz CT molecular complexity index is 362. The van der Waals surface area contributed by atoms with Crippen LogP contribution in [-0.2, 0) is 11.3 Å². The topological polar surface area (TPSA) is 41.6 Å². The van der Waals surface area contributed by atoms with Gasteiger partial charge in [0.2, 0.25) is 0 Å². The summed E-state index contributed by atoms with van der Waals surface area (Å²) in [5, 5.41) is 2.87. The SMILES string of the molecule is CCN(CC)C(=O)Nc1cccc(COC)c1. The summed E-state index contributed by atoms with van der Waals surface area (Å²) < 4.78 is 5.05. The predicted octanol–water partition coefficient (Wildman–Crippen LogP) is 2.71. The van der Waals surface area contributed by atoms with E-state index < -0.39 is 0 Å². The van der Waals surface area contributed by atoms with Gasteiger partial charge in [0.15, 0.2) is 0 Å². The molecule has 1 aromatic rings. The number of urea groups is 1. The van der Waals surface area contributed by atoms with Crippen molar-refractivity contribution in [2.24, 2.45) is 0 Å². The highest BCUT2D eigenvalue weighted by atomic mass is 16.5. The number of nitrogens with zero attached hydrogens (tertiary/aromatic N) is 1. The second-order valence-electron chi connectivity index (χ2n) is 3.74. The molecule has 0 radical (unpaired) electrons. The van der Waals surface area contributed by atoms with E-state index in [9.17, 15) is 4.79 Å². The lowest BCUT2D eigenvalue weighted by Gasteiger charge is -2.19. The number of carbonyl (C=O) groups excluding carboxylic acids is 1. The normalized spacial score (nSPS) is 10.1. The average Bonchev–Trinajstić information content (AvgIpc) is 2.31. The van der Waals surface area contributed by atoms with E-state index in [0.717, 1.165) is 11.3 Å². The smallest absolute Gasteiger partial charge is 0.321 e. The Morgan fingerprint density at radius 2 is 2.06 bits per heavy atom. The van der Waals surface area contributed by atoms with Crippen molar-refractivity contribution in [2.75, 3.05) is 25.5 Å². The molecule has 0 saturated heterocycles. The molecule has 0 bridgehead atoms. The first-order chi connectivity index (χ1) is 8.21. The predicted molar refractivity (Wildman–Crippen MR) is 69.1 cm³/mol. The lowest BCUT2D eigenvalue weighted by atomic mass is 10.2. The first-order valence-corrected chi connectivity index (χ1v) is 5.85. The van der Waals surface area contributed by atoms with Gasteiger partial charge in [0.25, 0.3) is 0 Å². The highest BCUT2D eigenvalue weighted by Crippen LogP contribution is 2.12. The van der Waals surface area contributed by atoms with Gasteiger partial charge in [-0.05, 0) is 31.5 Å². The van der Waals surface area contributed by atoms with Crippen LogP contribution in [0.1, 0.15) is 19.4 Å². The van der Waals surface area contributed by atoms with Gasteiger partial charge in [-0.1, -0.05) is 12.1 Å². The van der Waals surface area contributed by atoms with Crippen molar-refractivity contribution < 1.29 is 9.53 Å². The monoisotopic (exact) mass is 236 g/mol. The lowest BCUT2D eigenvalue weighted by Crippen LogP contribution is -2.34. The molecule has 0 spiro atoms. The van der Waals surface area contributed by atoms with E-state index in [4.69, 9.17) is 4.74 Å². The molecule has 4 nitrogen and oxygen atoms in total. The van der Waals surface area contributed by atoms with Crippen molar-refractivity contribution in [1.29, 1.82) is 0 Å². The number of anilines is 1. The van der Waals surface area contributed by atoms with Crippen molar-refractivity contribution in [2.45, 2.75) is 20.5 Å². The fraction of sp³-hybridized carbons (Fsp3) is 0.462. The zero-order valence-electron chi connectivity index (χ0n) is 10.7. The number of benzene rings is 1. The van der Waals surface area contributed by atoms with Crippen LogP contribution in [0.15, 0.2) is 24.3 Å². The molecular weight excluding hydrogens is 216 g/mol. The molecule has 4 heteroatoms. The number of rotatable bonds is 5. The summed E-state index contributed by atoms with van der Waals surface area (Å²) in [4.78, 5) is 13.6. The van der Waals surface area contributed by atoms with E-state index in [1.807, 2.05) is 38.1 Å². The van der Waals surface area contributed by atoms with Gasteiger partial charge in [-0.2, -0.15) is 0 Å². The third kappa shape index (κ3) is 4.07. The minimum Gasteiger partial charge on any atom is -0.380 e. The van der Waals surface area contributed by atoms with Crippen LogP contribution in [0.2, 0.25) is 0 Å². The Kier molecular flexibility index (Phi) is 5.49. The maximum absolute atomic E-state index is 11.8. The van der Waals surface area contributed by atoms with E-state index in [2.05, 4.69) is 5.32 Å². The first-order valence-electron chi connectivity index (χ1n) is 5.85. The Morgan fingerprint density at radius 3 is 2.65 bits per heavy atom. The number of methoxy groups -OCH3 is 1. The Labute approximate surface area is 103 Å². The molecule has 0 heterocycles. The number of nitrogens with one attached hydrogen (secondary N) is 1. The Morgan fingerprint density at radius 1 is 1.35 bits per heavy atom. The second-order valence-corrected chi connectivity index (χ2v) is 3.74. The molecule has 0 unspecified atom stereocenters. The summed E-state index contributed by atoms with van der Waals surface area (Å²) in [7, 11) is 1.65. The molecule has 0 atom stereocenters. The molecule has 0 aliphatic rings. The molecule has 1 N–H and O–H groups in total. The summed E-state index contributed by atoms with van der Waals surface area (Å²) in [5.74, 6) is 0. The number of hydrogen-bond acceptors (Lipinski definition) is 2. The maximum atomic E-state index is 11.8. The summed E-state index contributed by atoms with van der Waals surface area (Å²) in [6.07, 6.45) is 0. The van der Waals surface area contributed by atoms with Gasteiger partial charge in [-0.25, -0.2) is 4.79 Å². The Balaban J connectivity index is 2.67. The number of amides is 2. The average molecular weight is 236 g/mol. The lowest BCUT2D eigenvalue weighted by molar-refractivity contribution is 0.185. The fourth-order valence-electron chi connectivity index (χ4n) is 1.62. The molecule has 0 aromatic heterocycles. The zero-order chi connectivity index (χ0) is 12.7. The van der Waals surface area contributed by atoms with Crippen molar-refractivity contribution >= 4 is 11.7 Å². The van der Waals surface area contributed by atoms with Crippen LogP contribution in [0.3, 0.4) is 0 Å². The van der Waals surface area contributed by atoms with E-state index in [-0.39, 0.29) is 6.03 Å². The largest absolute Gasteiger partial charge is 0.380 e.